The summed E-state index contributed by atoms with van der Waals surface area (Å²) in [5.74, 6) is -0.823. The highest BCUT2D eigenvalue weighted by atomic mass is 19.1. The molecule has 1 saturated carbocycles. The molecule has 1 aliphatic rings. The van der Waals surface area contributed by atoms with Gasteiger partial charge in [-0.2, -0.15) is 0 Å². The quantitative estimate of drug-likeness (QED) is 0.870. The monoisotopic (exact) mass is 292 g/mol. The summed E-state index contributed by atoms with van der Waals surface area (Å²) in [6.45, 7) is 5.65. The second-order valence-electron chi connectivity index (χ2n) is 6.63. The van der Waals surface area contributed by atoms with Gasteiger partial charge < -0.3 is 10.2 Å². The molecule has 4 nitrogen and oxygen atoms in total. The average Bonchev–Trinajstić information content (AvgIpc) is 3.17. The molecule has 1 aromatic rings. The summed E-state index contributed by atoms with van der Waals surface area (Å²) in [5.41, 5.74) is -0.756. The van der Waals surface area contributed by atoms with Crippen LogP contribution in [-0.2, 0) is 9.59 Å². The molecule has 1 N–H and O–H groups in total. The highest BCUT2D eigenvalue weighted by Gasteiger charge is 2.58. The molecule has 2 rings (SSSR count). The number of carbonyl (C=O) groups excluding carboxylic acids is 2. The molecule has 5 heteroatoms. The van der Waals surface area contributed by atoms with Gasteiger partial charge in [0.1, 0.15) is 11.2 Å². The van der Waals surface area contributed by atoms with Gasteiger partial charge in [0.05, 0.1) is 0 Å². The van der Waals surface area contributed by atoms with Gasteiger partial charge in [0, 0.05) is 18.3 Å². The van der Waals surface area contributed by atoms with Gasteiger partial charge >= 0.3 is 0 Å². The molecular weight excluding hydrogens is 271 g/mol. The van der Waals surface area contributed by atoms with Crippen molar-refractivity contribution in [3.05, 3.63) is 30.1 Å². The van der Waals surface area contributed by atoms with Crippen LogP contribution in [0.5, 0.6) is 0 Å². The second kappa shape index (κ2) is 5.13. The number of hydrogen-bond donors (Lipinski definition) is 1. The molecule has 21 heavy (non-hydrogen) atoms. The van der Waals surface area contributed by atoms with Gasteiger partial charge in [-0.15, -0.1) is 0 Å². The summed E-state index contributed by atoms with van der Waals surface area (Å²) >= 11 is 0. The number of hydrogen-bond acceptors (Lipinski definition) is 2. The molecule has 1 aliphatic carbocycles. The Kier molecular flexibility index (Phi) is 3.78. The van der Waals surface area contributed by atoms with Crippen LogP contribution < -0.4 is 10.2 Å². The second-order valence-corrected chi connectivity index (χ2v) is 6.63. The molecule has 1 fully saturated rings. The lowest BCUT2D eigenvalue weighted by Crippen LogP contribution is -2.49. The molecule has 0 heterocycles. The number of amides is 2. The van der Waals surface area contributed by atoms with Crippen molar-refractivity contribution in [2.24, 2.45) is 5.41 Å². The first-order valence-electron chi connectivity index (χ1n) is 7.02. The molecule has 0 radical (unpaired) electrons. The van der Waals surface area contributed by atoms with E-state index in [9.17, 15) is 14.0 Å². The summed E-state index contributed by atoms with van der Waals surface area (Å²) < 4.78 is 12.9. The minimum atomic E-state index is -0.962. The summed E-state index contributed by atoms with van der Waals surface area (Å²) in [5, 5.41) is 2.87. The number of rotatable bonds is 3. The standard InChI is InChI=1S/C16H21FN2O2/c1-15(2,3)18-13(20)16(9-10-16)14(21)19(4)12-7-5-11(17)6-8-12/h5-8H,9-10H2,1-4H3,(H,18,20). The molecule has 0 spiro atoms. The van der Waals surface area contributed by atoms with Crippen molar-refractivity contribution in [3.8, 4) is 0 Å². The number of halogens is 1. The molecule has 0 aromatic heterocycles. The lowest BCUT2D eigenvalue weighted by molar-refractivity contribution is -0.136. The smallest absolute Gasteiger partial charge is 0.242 e. The molecule has 2 amide bonds. The first-order valence-corrected chi connectivity index (χ1v) is 7.02. The zero-order valence-corrected chi connectivity index (χ0v) is 12.9. The number of carbonyl (C=O) groups is 2. The number of benzene rings is 1. The van der Waals surface area contributed by atoms with E-state index < -0.39 is 5.41 Å². The van der Waals surface area contributed by atoms with E-state index in [1.807, 2.05) is 20.8 Å². The van der Waals surface area contributed by atoms with E-state index in [1.54, 1.807) is 7.05 Å². The highest BCUT2D eigenvalue weighted by Crippen LogP contribution is 2.48. The van der Waals surface area contributed by atoms with E-state index in [1.165, 1.54) is 29.2 Å². The van der Waals surface area contributed by atoms with Gasteiger partial charge in [-0.1, -0.05) is 0 Å². The first kappa shape index (κ1) is 15.5. The third-order valence-electron chi connectivity index (χ3n) is 3.60. The predicted molar refractivity (Wildman–Crippen MR) is 79.4 cm³/mol. The summed E-state index contributed by atoms with van der Waals surface area (Å²) in [6, 6.07) is 5.66. The molecule has 0 atom stereocenters. The first-order chi connectivity index (χ1) is 9.66. The fraction of sp³-hybridized carbons (Fsp3) is 0.500. The topological polar surface area (TPSA) is 49.4 Å². The molecule has 0 saturated heterocycles. The number of nitrogens with zero attached hydrogens (tertiary/aromatic N) is 1. The van der Waals surface area contributed by atoms with Crippen molar-refractivity contribution in [1.29, 1.82) is 0 Å². The van der Waals surface area contributed by atoms with Crippen LogP contribution in [0.25, 0.3) is 0 Å². The Morgan fingerprint density at radius 1 is 1.19 bits per heavy atom. The van der Waals surface area contributed by atoms with Gasteiger partial charge in [0.2, 0.25) is 11.8 Å². The van der Waals surface area contributed by atoms with E-state index in [2.05, 4.69) is 5.32 Å². The van der Waals surface area contributed by atoms with Gasteiger partial charge in [0.25, 0.3) is 0 Å². The molecule has 0 bridgehead atoms. The van der Waals surface area contributed by atoms with E-state index in [4.69, 9.17) is 0 Å². The van der Waals surface area contributed by atoms with Crippen molar-refractivity contribution >= 4 is 17.5 Å². The lowest BCUT2D eigenvalue weighted by Gasteiger charge is -2.27. The minimum Gasteiger partial charge on any atom is -0.351 e. The largest absolute Gasteiger partial charge is 0.351 e. The third kappa shape index (κ3) is 3.23. The Hall–Kier alpha value is -1.91. The van der Waals surface area contributed by atoms with E-state index in [0.29, 0.717) is 18.5 Å². The average molecular weight is 292 g/mol. The highest BCUT2D eigenvalue weighted by molar-refractivity contribution is 6.13. The zero-order chi connectivity index (χ0) is 15.8. The van der Waals surface area contributed by atoms with Gasteiger partial charge in [-0.05, 0) is 57.9 Å². The van der Waals surface area contributed by atoms with E-state index >= 15 is 0 Å². The normalized spacial score (nSPS) is 16.2. The Morgan fingerprint density at radius 3 is 2.14 bits per heavy atom. The number of nitrogens with one attached hydrogen (secondary N) is 1. The van der Waals surface area contributed by atoms with Crippen molar-refractivity contribution in [1.82, 2.24) is 5.32 Å². The van der Waals surface area contributed by atoms with E-state index in [0.717, 1.165) is 0 Å². The summed E-state index contributed by atoms with van der Waals surface area (Å²) in [6.07, 6.45) is 1.11. The van der Waals surface area contributed by atoms with Crippen LogP contribution in [0.1, 0.15) is 33.6 Å². The maximum absolute atomic E-state index is 12.9. The fourth-order valence-corrected chi connectivity index (χ4v) is 2.23. The van der Waals surface area contributed by atoms with Gasteiger partial charge in [0.15, 0.2) is 0 Å². The van der Waals surface area contributed by atoms with Crippen LogP contribution in [0.3, 0.4) is 0 Å². The lowest BCUT2D eigenvalue weighted by atomic mass is 10.0. The van der Waals surface area contributed by atoms with Crippen molar-refractivity contribution in [3.63, 3.8) is 0 Å². The molecule has 0 aliphatic heterocycles. The Labute approximate surface area is 124 Å². The van der Waals surface area contributed by atoms with Crippen LogP contribution in [0.4, 0.5) is 10.1 Å². The molecular formula is C16H21FN2O2. The molecule has 1 aromatic carbocycles. The van der Waals surface area contributed by atoms with Crippen LogP contribution in [0.15, 0.2) is 24.3 Å². The maximum Gasteiger partial charge on any atom is 0.242 e. The SMILES string of the molecule is CN(C(=O)C1(C(=O)NC(C)(C)C)CC1)c1ccc(F)cc1. The van der Waals surface area contributed by atoms with Crippen molar-refractivity contribution in [2.45, 2.75) is 39.2 Å². The van der Waals surface area contributed by atoms with Gasteiger partial charge in [-0.3, -0.25) is 9.59 Å². The van der Waals surface area contributed by atoms with Crippen molar-refractivity contribution in [2.75, 3.05) is 11.9 Å². The fourth-order valence-electron chi connectivity index (χ4n) is 2.23. The van der Waals surface area contributed by atoms with Crippen molar-refractivity contribution < 1.29 is 14.0 Å². The Balaban J connectivity index is 2.15. The summed E-state index contributed by atoms with van der Waals surface area (Å²) in [4.78, 5) is 26.4. The Bertz CT molecular complexity index is 557. The molecule has 114 valence electrons. The Morgan fingerprint density at radius 2 is 1.71 bits per heavy atom. The minimum absolute atomic E-state index is 0.228. The number of anilines is 1. The van der Waals surface area contributed by atoms with Crippen LogP contribution >= 0.6 is 0 Å². The third-order valence-corrected chi connectivity index (χ3v) is 3.60. The predicted octanol–water partition coefficient (Wildman–Crippen LogP) is 2.48. The molecule has 0 unspecified atom stereocenters. The zero-order valence-electron chi connectivity index (χ0n) is 12.9. The van der Waals surface area contributed by atoms with Crippen LogP contribution in [0, 0.1) is 11.2 Å². The van der Waals surface area contributed by atoms with Gasteiger partial charge in [-0.25, -0.2) is 4.39 Å². The van der Waals surface area contributed by atoms with E-state index in [-0.39, 0.29) is 23.2 Å². The summed E-state index contributed by atoms with van der Waals surface area (Å²) in [7, 11) is 1.61. The van der Waals surface area contributed by atoms with Crippen LogP contribution in [-0.4, -0.2) is 24.4 Å². The van der Waals surface area contributed by atoms with Crippen LogP contribution in [0.2, 0.25) is 0 Å². The maximum atomic E-state index is 12.9.